The number of nitrogens with one attached hydrogen (secondary N) is 1. The summed E-state index contributed by atoms with van der Waals surface area (Å²) in [5.74, 6) is 1.74. The van der Waals surface area contributed by atoms with Crippen LogP contribution in [0.3, 0.4) is 0 Å². The van der Waals surface area contributed by atoms with Crippen LogP contribution in [-0.4, -0.2) is 26.3 Å². The molecule has 0 saturated carbocycles. The van der Waals surface area contributed by atoms with E-state index in [1.165, 1.54) is 0 Å². The van der Waals surface area contributed by atoms with Gasteiger partial charge in [0, 0.05) is 25.5 Å². The summed E-state index contributed by atoms with van der Waals surface area (Å²) in [7, 11) is 0. The minimum atomic E-state index is 0.845. The molecular weight excluding hydrogens is 226 g/mol. The maximum Gasteiger partial charge on any atom is 0.160 e. The molecule has 96 valence electrons. The lowest BCUT2D eigenvalue weighted by Crippen LogP contribution is -2.08. The summed E-state index contributed by atoms with van der Waals surface area (Å²) in [5.41, 5.74) is 3.12. The molecule has 0 aliphatic heterocycles. The van der Waals surface area contributed by atoms with E-state index in [1.807, 2.05) is 13.1 Å². The Morgan fingerprint density at radius 1 is 1.17 bits per heavy atom. The van der Waals surface area contributed by atoms with Gasteiger partial charge in [0.15, 0.2) is 11.6 Å². The van der Waals surface area contributed by atoms with Gasteiger partial charge in [-0.25, -0.2) is 4.98 Å². The van der Waals surface area contributed by atoms with Crippen molar-refractivity contribution in [1.29, 1.82) is 0 Å². The minimum Gasteiger partial charge on any atom is -0.369 e. The summed E-state index contributed by atoms with van der Waals surface area (Å²) in [6.07, 6.45) is 3.76. The van der Waals surface area contributed by atoms with Gasteiger partial charge in [0.05, 0.1) is 0 Å². The van der Waals surface area contributed by atoms with Gasteiger partial charge in [-0.15, -0.1) is 10.2 Å². The van der Waals surface area contributed by atoms with Crippen molar-refractivity contribution in [2.45, 2.75) is 34.2 Å². The molecule has 0 aliphatic carbocycles. The molecule has 0 fully saturated rings. The molecule has 1 N–H and O–H groups in total. The zero-order valence-corrected chi connectivity index (χ0v) is 11.4. The summed E-state index contributed by atoms with van der Waals surface area (Å²) in [4.78, 5) is 4.37. The van der Waals surface area contributed by atoms with E-state index in [-0.39, 0.29) is 0 Å². The lowest BCUT2D eigenvalue weighted by Gasteiger charge is -2.12. The number of hydrogen-bond donors (Lipinski definition) is 1. The van der Waals surface area contributed by atoms with Gasteiger partial charge in [-0.1, -0.05) is 0 Å². The first-order valence-electron chi connectivity index (χ1n) is 6.28. The summed E-state index contributed by atoms with van der Waals surface area (Å²) in [5, 5.41) is 11.8. The molecule has 0 atom stereocenters. The minimum absolute atomic E-state index is 0.845. The highest BCUT2D eigenvalue weighted by atomic mass is 15.2. The quantitative estimate of drug-likeness (QED) is 0.898. The Morgan fingerprint density at radius 2 is 1.94 bits per heavy atom. The molecule has 5 nitrogen and oxygen atoms in total. The van der Waals surface area contributed by atoms with Gasteiger partial charge in [0.1, 0.15) is 5.69 Å². The third-order valence-corrected chi connectivity index (χ3v) is 3.14. The van der Waals surface area contributed by atoms with Crippen LogP contribution in [0.25, 0.3) is 11.5 Å². The average molecular weight is 245 g/mol. The van der Waals surface area contributed by atoms with Crippen molar-refractivity contribution in [3.8, 4) is 11.5 Å². The summed E-state index contributed by atoms with van der Waals surface area (Å²) >= 11 is 0. The monoisotopic (exact) mass is 245 g/mol. The summed E-state index contributed by atoms with van der Waals surface area (Å²) < 4.78 is 2.07. The zero-order chi connectivity index (χ0) is 13.1. The molecule has 0 saturated heterocycles. The molecule has 5 heteroatoms. The third-order valence-electron chi connectivity index (χ3n) is 3.14. The first-order valence-corrected chi connectivity index (χ1v) is 6.28. The number of anilines is 1. The Balaban J connectivity index is 2.50. The Labute approximate surface area is 107 Å². The molecule has 0 radical (unpaired) electrons. The maximum absolute atomic E-state index is 4.37. The van der Waals surface area contributed by atoms with Gasteiger partial charge in [-0.2, -0.15) is 0 Å². The molecule has 0 aliphatic rings. The molecule has 0 aromatic carbocycles. The molecule has 2 rings (SSSR count). The van der Waals surface area contributed by atoms with Crippen LogP contribution in [0.4, 0.5) is 5.82 Å². The van der Waals surface area contributed by atoms with E-state index >= 15 is 0 Å². The van der Waals surface area contributed by atoms with E-state index in [1.54, 1.807) is 6.20 Å². The van der Waals surface area contributed by atoms with E-state index in [0.29, 0.717) is 0 Å². The standard InChI is InChI=1S/C13H19N5/c1-5-14-12-10(4)9(3)11(16-17-12)13-15-7-8-18(13)6-2/h7-8H,5-6H2,1-4H3,(H,14,17). The van der Waals surface area contributed by atoms with E-state index in [0.717, 1.165) is 41.6 Å². The van der Waals surface area contributed by atoms with Crippen LogP contribution in [-0.2, 0) is 6.54 Å². The predicted octanol–water partition coefficient (Wildman–Crippen LogP) is 2.41. The molecule has 2 aromatic rings. The third kappa shape index (κ3) is 2.08. The number of hydrogen-bond acceptors (Lipinski definition) is 4. The van der Waals surface area contributed by atoms with Crippen LogP contribution < -0.4 is 5.32 Å². The highest BCUT2D eigenvalue weighted by molar-refractivity contribution is 5.61. The number of nitrogens with zero attached hydrogens (tertiary/aromatic N) is 4. The van der Waals surface area contributed by atoms with Crippen molar-refractivity contribution >= 4 is 5.82 Å². The Kier molecular flexibility index (Phi) is 3.60. The van der Waals surface area contributed by atoms with Gasteiger partial charge in [-0.05, 0) is 38.8 Å². The van der Waals surface area contributed by atoms with Crippen molar-refractivity contribution in [3.05, 3.63) is 23.5 Å². The second-order valence-electron chi connectivity index (χ2n) is 4.21. The van der Waals surface area contributed by atoms with Gasteiger partial charge in [0.25, 0.3) is 0 Å². The fraction of sp³-hybridized carbons (Fsp3) is 0.462. The van der Waals surface area contributed by atoms with Crippen LogP contribution in [0.2, 0.25) is 0 Å². The fourth-order valence-electron chi connectivity index (χ4n) is 1.93. The van der Waals surface area contributed by atoms with Crippen LogP contribution >= 0.6 is 0 Å². The topological polar surface area (TPSA) is 55.6 Å². The predicted molar refractivity (Wildman–Crippen MR) is 72.6 cm³/mol. The lowest BCUT2D eigenvalue weighted by atomic mass is 10.1. The molecule has 0 bridgehead atoms. The Hall–Kier alpha value is -1.91. The van der Waals surface area contributed by atoms with E-state index in [2.05, 4.69) is 45.8 Å². The van der Waals surface area contributed by atoms with Crippen LogP contribution in [0.15, 0.2) is 12.4 Å². The molecule has 0 spiro atoms. The van der Waals surface area contributed by atoms with Crippen molar-refractivity contribution in [2.75, 3.05) is 11.9 Å². The molecular formula is C13H19N5. The first kappa shape index (κ1) is 12.5. The van der Waals surface area contributed by atoms with E-state index < -0.39 is 0 Å². The number of rotatable bonds is 4. The Morgan fingerprint density at radius 3 is 2.61 bits per heavy atom. The summed E-state index contributed by atoms with van der Waals surface area (Å²) in [6, 6.07) is 0. The van der Waals surface area contributed by atoms with Crippen LogP contribution in [0.1, 0.15) is 25.0 Å². The molecule has 2 aromatic heterocycles. The molecule has 2 heterocycles. The largest absolute Gasteiger partial charge is 0.369 e. The van der Waals surface area contributed by atoms with Crippen molar-refractivity contribution in [3.63, 3.8) is 0 Å². The highest BCUT2D eigenvalue weighted by Gasteiger charge is 2.14. The van der Waals surface area contributed by atoms with Gasteiger partial charge >= 0.3 is 0 Å². The molecule has 18 heavy (non-hydrogen) atoms. The normalized spacial score (nSPS) is 10.7. The maximum atomic E-state index is 4.37. The van der Waals surface area contributed by atoms with Crippen LogP contribution in [0, 0.1) is 13.8 Å². The lowest BCUT2D eigenvalue weighted by molar-refractivity contribution is 0.764. The summed E-state index contributed by atoms with van der Waals surface area (Å²) in [6.45, 7) is 9.99. The van der Waals surface area contributed by atoms with E-state index in [4.69, 9.17) is 0 Å². The smallest absolute Gasteiger partial charge is 0.160 e. The van der Waals surface area contributed by atoms with Crippen LogP contribution in [0.5, 0.6) is 0 Å². The SMILES string of the molecule is CCNc1nnc(-c2nccn2CC)c(C)c1C. The van der Waals surface area contributed by atoms with Crippen molar-refractivity contribution in [1.82, 2.24) is 19.7 Å². The molecule has 0 unspecified atom stereocenters. The van der Waals surface area contributed by atoms with E-state index in [9.17, 15) is 0 Å². The van der Waals surface area contributed by atoms with Crippen molar-refractivity contribution < 1.29 is 0 Å². The zero-order valence-electron chi connectivity index (χ0n) is 11.4. The fourth-order valence-corrected chi connectivity index (χ4v) is 1.93. The second kappa shape index (κ2) is 5.16. The average Bonchev–Trinajstić information content (AvgIpc) is 2.83. The first-order chi connectivity index (χ1) is 8.69. The number of aromatic nitrogens is 4. The molecule has 0 amide bonds. The Bertz CT molecular complexity index is 544. The second-order valence-corrected chi connectivity index (χ2v) is 4.21. The number of imidazole rings is 1. The van der Waals surface area contributed by atoms with Gasteiger partial charge < -0.3 is 9.88 Å². The highest BCUT2D eigenvalue weighted by Crippen LogP contribution is 2.24. The van der Waals surface area contributed by atoms with Gasteiger partial charge in [0.2, 0.25) is 0 Å². The number of aryl methyl sites for hydroxylation is 1. The van der Waals surface area contributed by atoms with Gasteiger partial charge in [-0.3, -0.25) is 0 Å². The van der Waals surface area contributed by atoms with Crippen molar-refractivity contribution in [2.24, 2.45) is 0 Å².